The van der Waals surface area contributed by atoms with E-state index in [1.165, 1.54) is 5.70 Å². The zero-order chi connectivity index (χ0) is 21.5. The molecule has 0 spiro atoms. The van der Waals surface area contributed by atoms with E-state index in [1.807, 2.05) is 42.5 Å². The van der Waals surface area contributed by atoms with Gasteiger partial charge in [0.2, 0.25) is 0 Å². The van der Waals surface area contributed by atoms with Gasteiger partial charge in [0.15, 0.2) is 11.6 Å². The van der Waals surface area contributed by atoms with Crippen LogP contribution in [0.5, 0.6) is 11.5 Å². The summed E-state index contributed by atoms with van der Waals surface area (Å²) >= 11 is 3.48. The van der Waals surface area contributed by atoms with Gasteiger partial charge in [0.1, 0.15) is 11.6 Å². The molecule has 0 bridgehead atoms. The molecule has 4 rings (SSSR count). The van der Waals surface area contributed by atoms with E-state index in [9.17, 15) is 0 Å². The van der Waals surface area contributed by atoms with Crippen molar-refractivity contribution in [2.45, 2.75) is 19.3 Å². The number of aliphatic hydroxyl groups is 1. The average molecular weight is 483 g/mol. The summed E-state index contributed by atoms with van der Waals surface area (Å²) < 4.78 is 6.88. The standard InChI is InChI=1S/C24H27BrN4O2/c25-19-16-22(31-20-6-2-1-3-7-20)24(26-17-19)28-23-9-5-4-8-21(27-23)18-10-12-29(13-11-18)14-15-30/h1-3,5-9,16-18,30H,4,10-15H2,(H,26,27,28). The fourth-order valence-corrected chi connectivity index (χ4v) is 4.17. The van der Waals surface area contributed by atoms with Crippen LogP contribution in [0.25, 0.3) is 0 Å². The Morgan fingerprint density at radius 2 is 2.03 bits per heavy atom. The molecule has 2 N–H and O–H groups in total. The third kappa shape index (κ3) is 6.03. The Hall–Kier alpha value is -2.48. The predicted molar refractivity (Wildman–Crippen MR) is 127 cm³/mol. The number of hydrogen-bond donors (Lipinski definition) is 2. The van der Waals surface area contributed by atoms with Crippen LogP contribution < -0.4 is 10.1 Å². The van der Waals surface area contributed by atoms with Crippen LogP contribution >= 0.6 is 15.9 Å². The first-order valence-corrected chi connectivity index (χ1v) is 11.4. The van der Waals surface area contributed by atoms with Gasteiger partial charge in [-0.25, -0.2) is 9.98 Å². The maximum atomic E-state index is 9.17. The van der Waals surface area contributed by atoms with Crippen LogP contribution in [0.15, 0.2) is 76.0 Å². The van der Waals surface area contributed by atoms with Crippen molar-refractivity contribution in [1.29, 1.82) is 0 Å². The lowest BCUT2D eigenvalue weighted by Crippen LogP contribution is -2.38. The summed E-state index contributed by atoms with van der Waals surface area (Å²) in [6, 6.07) is 11.5. The number of β-amino-alcohol motifs (C(OH)–C–C–N with tert-alkyl or cyclic N) is 1. The predicted octanol–water partition coefficient (Wildman–Crippen LogP) is 4.80. The highest BCUT2D eigenvalue weighted by molar-refractivity contribution is 9.10. The van der Waals surface area contributed by atoms with E-state index in [-0.39, 0.29) is 6.61 Å². The minimum Gasteiger partial charge on any atom is -0.453 e. The van der Waals surface area contributed by atoms with Crippen LogP contribution in [0, 0.1) is 5.92 Å². The van der Waals surface area contributed by atoms with Gasteiger partial charge in [-0.2, -0.15) is 0 Å². The van der Waals surface area contributed by atoms with Crippen molar-refractivity contribution in [3.8, 4) is 11.5 Å². The number of piperidine rings is 1. The molecule has 1 aromatic heterocycles. The largest absolute Gasteiger partial charge is 0.453 e. The van der Waals surface area contributed by atoms with Crippen LogP contribution in [0.2, 0.25) is 0 Å². The molecule has 1 saturated heterocycles. The van der Waals surface area contributed by atoms with Gasteiger partial charge in [-0.1, -0.05) is 30.4 Å². The van der Waals surface area contributed by atoms with Gasteiger partial charge in [-0.3, -0.25) is 0 Å². The minimum atomic E-state index is 0.222. The number of pyridine rings is 1. The number of halogens is 1. The minimum absolute atomic E-state index is 0.222. The summed E-state index contributed by atoms with van der Waals surface area (Å²) in [7, 11) is 0. The Morgan fingerprint density at radius 1 is 1.23 bits per heavy atom. The van der Waals surface area contributed by atoms with Crippen molar-refractivity contribution in [3.63, 3.8) is 0 Å². The third-order valence-corrected chi connectivity index (χ3v) is 5.90. The molecule has 2 aliphatic heterocycles. The SMILES string of the molecule is OCCN1CCC(C2=CCC=CC(=Nc3ncc(Br)cc3Oc3ccccc3)N2)CC1. The van der Waals surface area contributed by atoms with E-state index in [1.54, 1.807) is 6.20 Å². The molecule has 3 heterocycles. The smallest absolute Gasteiger partial charge is 0.197 e. The van der Waals surface area contributed by atoms with Crippen molar-refractivity contribution in [2.75, 3.05) is 26.2 Å². The van der Waals surface area contributed by atoms with Crippen LogP contribution in [-0.2, 0) is 0 Å². The monoisotopic (exact) mass is 482 g/mol. The molecule has 0 saturated carbocycles. The molecule has 1 fully saturated rings. The summed E-state index contributed by atoms with van der Waals surface area (Å²) in [5, 5.41) is 12.7. The molecule has 162 valence electrons. The molecule has 2 aromatic rings. The number of benzene rings is 1. The summed E-state index contributed by atoms with van der Waals surface area (Å²) in [6.45, 7) is 2.99. The van der Waals surface area contributed by atoms with Gasteiger partial charge in [-0.05, 0) is 66.5 Å². The lowest BCUT2D eigenvalue weighted by molar-refractivity contribution is 0.155. The number of likely N-dealkylation sites (tertiary alicyclic amines) is 1. The summed E-state index contributed by atoms with van der Waals surface area (Å²) in [4.78, 5) is 11.6. The number of para-hydroxylation sites is 1. The fraction of sp³-hybridized carbons (Fsp3) is 0.333. The first-order valence-electron chi connectivity index (χ1n) is 10.7. The van der Waals surface area contributed by atoms with Gasteiger partial charge >= 0.3 is 0 Å². The number of aromatic nitrogens is 1. The number of hydrogen-bond acceptors (Lipinski definition) is 5. The number of ether oxygens (including phenoxy) is 1. The van der Waals surface area contributed by atoms with Gasteiger partial charge < -0.3 is 20.1 Å². The van der Waals surface area contributed by atoms with Gasteiger partial charge in [0, 0.05) is 34.9 Å². The van der Waals surface area contributed by atoms with Crippen molar-refractivity contribution in [3.05, 3.63) is 71.0 Å². The molecule has 0 atom stereocenters. The maximum absolute atomic E-state index is 9.17. The van der Waals surface area contributed by atoms with Crippen molar-refractivity contribution < 1.29 is 9.84 Å². The number of aliphatic hydroxyl groups excluding tert-OH is 1. The highest BCUT2D eigenvalue weighted by atomic mass is 79.9. The number of nitrogens with one attached hydrogen (secondary N) is 1. The Kier molecular flexibility index (Phi) is 7.51. The van der Waals surface area contributed by atoms with Crippen LogP contribution in [0.1, 0.15) is 19.3 Å². The molecule has 0 radical (unpaired) electrons. The summed E-state index contributed by atoms with van der Waals surface area (Å²) in [6.07, 6.45) is 11.1. The van der Waals surface area contributed by atoms with Crippen LogP contribution in [-0.4, -0.2) is 47.1 Å². The van der Waals surface area contributed by atoms with E-state index < -0.39 is 0 Å². The second-order valence-electron chi connectivity index (χ2n) is 7.65. The fourth-order valence-electron chi connectivity index (χ4n) is 3.86. The number of amidine groups is 1. The van der Waals surface area contributed by atoms with E-state index in [0.29, 0.717) is 17.5 Å². The lowest BCUT2D eigenvalue weighted by Gasteiger charge is -2.32. The molecular weight excluding hydrogens is 456 g/mol. The molecule has 7 heteroatoms. The Bertz CT molecular complexity index is 967. The first kappa shape index (κ1) is 21.7. The number of aliphatic imine (C=N–C) groups is 1. The van der Waals surface area contributed by atoms with Crippen LogP contribution in [0.4, 0.5) is 5.82 Å². The maximum Gasteiger partial charge on any atom is 0.197 e. The Morgan fingerprint density at radius 3 is 2.81 bits per heavy atom. The van der Waals surface area contributed by atoms with Crippen LogP contribution in [0.3, 0.4) is 0 Å². The normalized spacial score (nSPS) is 19.0. The summed E-state index contributed by atoms with van der Waals surface area (Å²) in [5.74, 6) is 3.09. The highest BCUT2D eigenvalue weighted by Crippen LogP contribution is 2.33. The molecule has 0 unspecified atom stereocenters. The number of nitrogens with zero attached hydrogens (tertiary/aromatic N) is 3. The third-order valence-electron chi connectivity index (χ3n) is 5.46. The first-order chi connectivity index (χ1) is 15.2. The molecule has 0 aliphatic carbocycles. The van der Waals surface area contributed by atoms with E-state index in [4.69, 9.17) is 14.8 Å². The van der Waals surface area contributed by atoms with Crippen molar-refractivity contribution >= 4 is 27.6 Å². The number of rotatable bonds is 6. The lowest BCUT2D eigenvalue weighted by atomic mass is 9.92. The zero-order valence-corrected chi connectivity index (χ0v) is 19.0. The topological polar surface area (TPSA) is 70.0 Å². The van der Waals surface area contributed by atoms with Crippen molar-refractivity contribution in [1.82, 2.24) is 15.2 Å². The molecule has 2 aliphatic rings. The molecule has 6 nitrogen and oxygen atoms in total. The molecule has 1 aromatic carbocycles. The van der Waals surface area contributed by atoms with E-state index in [2.05, 4.69) is 43.3 Å². The molecular formula is C24H27BrN4O2. The quantitative estimate of drug-likeness (QED) is 0.618. The number of allylic oxidation sites excluding steroid dienone is 3. The second-order valence-corrected chi connectivity index (χ2v) is 8.57. The summed E-state index contributed by atoms with van der Waals surface area (Å²) in [5.41, 5.74) is 1.22. The zero-order valence-electron chi connectivity index (χ0n) is 17.4. The van der Waals surface area contributed by atoms with E-state index in [0.717, 1.165) is 55.0 Å². The molecule has 0 amide bonds. The van der Waals surface area contributed by atoms with E-state index >= 15 is 0 Å². The molecule has 31 heavy (non-hydrogen) atoms. The Labute approximate surface area is 191 Å². The van der Waals surface area contributed by atoms with Gasteiger partial charge in [0.05, 0.1) is 6.61 Å². The second kappa shape index (κ2) is 10.7. The average Bonchev–Trinajstić information content (AvgIpc) is 3.03. The van der Waals surface area contributed by atoms with Gasteiger partial charge in [-0.15, -0.1) is 0 Å². The van der Waals surface area contributed by atoms with Crippen molar-refractivity contribution in [2.24, 2.45) is 10.9 Å². The Balaban J connectivity index is 1.51. The van der Waals surface area contributed by atoms with Gasteiger partial charge in [0.25, 0.3) is 0 Å². The highest BCUT2D eigenvalue weighted by Gasteiger charge is 2.23.